The van der Waals surface area contributed by atoms with Crippen LogP contribution in [-0.4, -0.2) is 12.1 Å². The van der Waals surface area contributed by atoms with Crippen LogP contribution >= 0.6 is 22.9 Å². The Bertz CT molecular complexity index is 394. The first-order chi connectivity index (χ1) is 6.72. The first-order valence-electron chi connectivity index (χ1n) is 3.66. The van der Waals surface area contributed by atoms with Crippen molar-refractivity contribution in [1.29, 1.82) is 5.26 Å². The fraction of sp³-hybridized carbons (Fsp3) is 0.125. The number of carbonyl (C=O) groups is 1. The zero-order chi connectivity index (χ0) is 10.4. The van der Waals surface area contributed by atoms with Crippen molar-refractivity contribution >= 4 is 35.1 Å². The van der Waals surface area contributed by atoms with Crippen molar-refractivity contribution in [2.75, 3.05) is 0 Å². The Kier molecular flexibility index (Phi) is 4.11. The molecule has 1 amide bonds. The summed E-state index contributed by atoms with van der Waals surface area (Å²) in [5.41, 5.74) is 2.21. The smallest absolute Gasteiger partial charge is 0.254 e. The average Bonchev–Trinajstić information content (AvgIpc) is 2.52. The van der Waals surface area contributed by atoms with E-state index in [0.717, 1.165) is 4.88 Å². The van der Waals surface area contributed by atoms with E-state index >= 15 is 0 Å². The SMILES string of the molecule is N#CCC(=O)NN=Cc1ccc(Cl)s1. The van der Waals surface area contributed by atoms with Gasteiger partial charge in [-0.15, -0.1) is 11.3 Å². The standard InChI is InChI=1S/C8H6ClN3OS/c9-7-2-1-6(14-7)5-11-12-8(13)3-4-10/h1-2,5H,3H2,(H,12,13). The number of nitriles is 1. The van der Waals surface area contributed by atoms with E-state index in [0.29, 0.717) is 4.34 Å². The van der Waals surface area contributed by atoms with Crippen LogP contribution in [-0.2, 0) is 4.79 Å². The van der Waals surface area contributed by atoms with Gasteiger partial charge in [-0.1, -0.05) is 11.6 Å². The van der Waals surface area contributed by atoms with Gasteiger partial charge in [-0.25, -0.2) is 5.43 Å². The number of hydrogen-bond acceptors (Lipinski definition) is 4. The van der Waals surface area contributed by atoms with E-state index in [4.69, 9.17) is 16.9 Å². The Balaban J connectivity index is 2.42. The van der Waals surface area contributed by atoms with Crippen molar-refractivity contribution in [1.82, 2.24) is 5.43 Å². The van der Waals surface area contributed by atoms with E-state index in [1.807, 2.05) is 0 Å². The molecule has 0 atom stereocenters. The highest BCUT2D eigenvalue weighted by molar-refractivity contribution is 7.17. The number of thiophene rings is 1. The van der Waals surface area contributed by atoms with E-state index in [1.54, 1.807) is 18.2 Å². The lowest BCUT2D eigenvalue weighted by atomic mass is 10.5. The molecule has 0 aliphatic rings. The first-order valence-corrected chi connectivity index (χ1v) is 4.86. The van der Waals surface area contributed by atoms with Crippen LogP contribution in [0.5, 0.6) is 0 Å². The van der Waals surface area contributed by atoms with Gasteiger partial charge in [0, 0.05) is 4.88 Å². The number of amides is 1. The average molecular weight is 228 g/mol. The maximum atomic E-state index is 10.8. The summed E-state index contributed by atoms with van der Waals surface area (Å²) in [7, 11) is 0. The Labute approximate surface area is 89.8 Å². The Morgan fingerprint density at radius 3 is 3.14 bits per heavy atom. The molecule has 0 aromatic carbocycles. The summed E-state index contributed by atoms with van der Waals surface area (Å²) >= 11 is 7.03. The summed E-state index contributed by atoms with van der Waals surface area (Å²) in [5.74, 6) is -0.425. The predicted octanol–water partition coefficient (Wildman–Crippen LogP) is 1.77. The van der Waals surface area contributed by atoms with E-state index in [9.17, 15) is 4.79 Å². The monoisotopic (exact) mass is 227 g/mol. The zero-order valence-corrected chi connectivity index (χ0v) is 8.60. The number of halogens is 1. The number of hydrogen-bond donors (Lipinski definition) is 1. The van der Waals surface area contributed by atoms with Crippen molar-refractivity contribution in [2.45, 2.75) is 6.42 Å². The third-order valence-corrected chi connectivity index (χ3v) is 2.38. The molecule has 6 heteroatoms. The molecule has 14 heavy (non-hydrogen) atoms. The molecule has 1 rings (SSSR count). The topological polar surface area (TPSA) is 65.2 Å². The molecule has 0 radical (unpaired) electrons. The van der Waals surface area contributed by atoms with Crippen LogP contribution in [0.4, 0.5) is 0 Å². The van der Waals surface area contributed by atoms with Gasteiger partial charge in [-0.2, -0.15) is 10.4 Å². The van der Waals surface area contributed by atoms with Crippen LogP contribution in [0.15, 0.2) is 17.2 Å². The molecule has 0 aliphatic carbocycles. The molecule has 1 heterocycles. The Morgan fingerprint density at radius 1 is 1.79 bits per heavy atom. The summed E-state index contributed by atoms with van der Waals surface area (Å²) in [6.45, 7) is 0. The summed E-state index contributed by atoms with van der Waals surface area (Å²) in [6.07, 6.45) is 1.29. The van der Waals surface area contributed by atoms with Crippen molar-refractivity contribution in [3.8, 4) is 6.07 Å². The third-order valence-electron chi connectivity index (χ3n) is 1.21. The van der Waals surface area contributed by atoms with Crippen LogP contribution < -0.4 is 5.43 Å². The van der Waals surface area contributed by atoms with Gasteiger partial charge >= 0.3 is 0 Å². The van der Waals surface area contributed by atoms with Crippen molar-refractivity contribution in [3.05, 3.63) is 21.3 Å². The van der Waals surface area contributed by atoms with Crippen molar-refractivity contribution < 1.29 is 4.79 Å². The largest absolute Gasteiger partial charge is 0.272 e. The van der Waals surface area contributed by atoms with Crippen LogP contribution in [0.1, 0.15) is 11.3 Å². The van der Waals surface area contributed by atoms with Crippen LogP contribution in [0, 0.1) is 11.3 Å². The molecule has 0 spiro atoms. The van der Waals surface area contributed by atoms with E-state index in [2.05, 4.69) is 10.5 Å². The molecular formula is C8H6ClN3OS. The van der Waals surface area contributed by atoms with Crippen molar-refractivity contribution in [3.63, 3.8) is 0 Å². The van der Waals surface area contributed by atoms with Gasteiger partial charge in [0.1, 0.15) is 6.42 Å². The van der Waals surface area contributed by atoms with E-state index in [-0.39, 0.29) is 6.42 Å². The van der Waals surface area contributed by atoms with Crippen LogP contribution in [0.25, 0.3) is 0 Å². The van der Waals surface area contributed by atoms with Crippen LogP contribution in [0.3, 0.4) is 0 Å². The molecule has 1 aromatic heterocycles. The molecule has 0 saturated heterocycles. The fourth-order valence-corrected chi connectivity index (χ4v) is 1.61. The minimum absolute atomic E-state index is 0.192. The van der Waals surface area contributed by atoms with Gasteiger partial charge < -0.3 is 0 Å². The van der Waals surface area contributed by atoms with Gasteiger partial charge in [0.15, 0.2) is 0 Å². The number of nitrogens with zero attached hydrogens (tertiary/aromatic N) is 2. The highest BCUT2D eigenvalue weighted by atomic mass is 35.5. The van der Waals surface area contributed by atoms with Crippen molar-refractivity contribution in [2.24, 2.45) is 5.10 Å². The lowest BCUT2D eigenvalue weighted by molar-refractivity contribution is -0.120. The fourth-order valence-electron chi connectivity index (χ4n) is 0.677. The maximum absolute atomic E-state index is 10.8. The second-order valence-electron chi connectivity index (χ2n) is 2.27. The van der Waals surface area contributed by atoms with Crippen LogP contribution in [0.2, 0.25) is 4.34 Å². The summed E-state index contributed by atoms with van der Waals surface area (Å²) < 4.78 is 0.662. The molecule has 0 aliphatic heterocycles. The summed E-state index contributed by atoms with van der Waals surface area (Å²) in [4.78, 5) is 11.6. The molecule has 1 aromatic rings. The van der Waals surface area contributed by atoms with E-state index < -0.39 is 5.91 Å². The first kappa shape index (κ1) is 10.7. The highest BCUT2D eigenvalue weighted by Gasteiger charge is 1.96. The number of hydrazone groups is 1. The second kappa shape index (κ2) is 5.37. The summed E-state index contributed by atoms with van der Waals surface area (Å²) in [6, 6.07) is 5.24. The number of nitrogens with one attached hydrogen (secondary N) is 1. The Hall–Kier alpha value is -1.38. The second-order valence-corrected chi connectivity index (χ2v) is 4.02. The molecule has 0 saturated carbocycles. The predicted molar refractivity (Wildman–Crippen MR) is 55.3 cm³/mol. The lowest BCUT2D eigenvalue weighted by Crippen LogP contribution is -2.15. The molecular weight excluding hydrogens is 222 g/mol. The quantitative estimate of drug-likeness (QED) is 0.632. The number of rotatable bonds is 3. The Morgan fingerprint density at radius 2 is 2.57 bits per heavy atom. The van der Waals surface area contributed by atoms with Gasteiger partial charge in [0.05, 0.1) is 16.6 Å². The van der Waals surface area contributed by atoms with Gasteiger partial charge in [-0.3, -0.25) is 4.79 Å². The minimum atomic E-state index is -0.425. The van der Waals surface area contributed by atoms with E-state index in [1.165, 1.54) is 17.6 Å². The maximum Gasteiger partial charge on any atom is 0.254 e. The summed E-state index contributed by atoms with van der Waals surface area (Å²) in [5, 5.41) is 11.8. The zero-order valence-electron chi connectivity index (χ0n) is 7.03. The molecule has 1 N–H and O–H groups in total. The molecule has 0 bridgehead atoms. The normalized spacial score (nSPS) is 10.0. The van der Waals surface area contributed by atoms with Gasteiger partial charge in [-0.05, 0) is 12.1 Å². The van der Waals surface area contributed by atoms with Gasteiger partial charge in [0.2, 0.25) is 0 Å². The lowest BCUT2D eigenvalue weighted by Gasteiger charge is -1.90. The minimum Gasteiger partial charge on any atom is -0.272 e. The molecule has 0 fully saturated rings. The number of carbonyl (C=O) groups excluding carboxylic acids is 1. The highest BCUT2D eigenvalue weighted by Crippen LogP contribution is 2.19. The molecule has 4 nitrogen and oxygen atoms in total. The molecule has 72 valence electrons. The molecule has 0 unspecified atom stereocenters. The third kappa shape index (κ3) is 3.56. The van der Waals surface area contributed by atoms with Gasteiger partial charge in [0.25, 0.3) is 5.91 Å².